The fraction of sp³-hybridized carbons (Fsp3) is 0.833. The van der Waals surface area contributed by atoms with E-state index in [4.69, 9.17) is 5.73 Å². The SMILES string of the molecule is NCCn1nnnc1SCC(=O)N1CCCCCCC1. The zero-order valence-electron chi connectivity index (χ0n) is 11.7. The van der Waals surface area contributed by atoms with Crippen molar-refractivity contribution >= 4 is 17.7 Å². The molecule has 1 fully saturated rings. The molecule has 0 radical (unpaired) electrons. The highest BCUT2D eigenvalue weighted by atomic mass is 32.2. The fourth-order valence-corrected chi connectivity index (χ4v) is 3.08. The van der Waals surface area contributed by atoms with Crippen molar-refractivity contribution in [2.24, 2.45) is 5.73 Å². The molecule has 0 saturated carbocycles. The summed E-state index contributed by atoms with van der Waals surface area (Å²) >= 11 is 1.39. The van der Waals surface area contributed by atoms with Crippen LogP contribution in [0.25, 0.3) is 0 Å². The molecule has 2 N–H and O–H groups in total. The van der Waals surface area contributed by atoms with Gasteiger partial charge < -0.3 is 10.6 Å². The Balaban J connectivity index is 1.82. The number of hydrogen-bond donors (Lipinski definition) is 1. The minimum atomic E-state index is 0.180. The number of hydrogen-bond acceptors (Lipinski definition) is 6. The molecule has 1 amide bonds. The summed E-state index contributed by atoms with van der Waals surface area (Å²) in [6, 6.07) is 0. The van der Waals surface area contributed by atoms with Crippen LogP contribution in [0, 0.1) is 0 Å². The molecule has 0 unspecified atom stereocenters. The average molecular weight is 298 g/mol. The lowest BCUT2D eigenvalue weighted by atomic mass is 10.1. The van der Waals surface area contributed by atoms with Crippen molar-refractivity contribution in [3.05, 3.63) is 0 Å². The van der Waals surface area contributed by atoms with E-state index < -0.39 is 0 Å². The zero-order chi connectivity index (χ0) is 14.2. The summed E-state index contributed by atoms with van der Waals surface area (Å²) in [6.07, 6.45) is 5.98. The van der Waals surface area contributed by atoms with Crippen LogP contribution in [-0.2, 0) is 11.3 Å². The normalized spacial score (nSPS) is 16.8. The van der Waals surface area contributed by atoms with E-state index in [-0.39, 0.29) is 5.91 Å². The van der Waals surface area contributed by atoms with Crippen LogP contribution in [0.1, 0.15) is 32.1 Å². The first kappa shape index (κ1) is 15.2. The van der Waals surface area contributed by atoms with E-state index in [9.17, 15) is 4.79 Å². The standard InChI is InChI=1S/C12H22N6OS/c13-6-9-18-12(14-15-16-18)20-10-11(19)17-7-4-2-1-3-5-8-17/h1-10,13H2. The molecule has 0 spiro atoms. The van der Waals surface area contributed by atoms with Crippen molar-refractivity contribution in [3.63, 3.8) is 0 Å². The molecule has 0 aromatic carbocycles. The van der Waals surface area contributed by atoms with Crippen LogP contribution in [0.15, 0.2) is 5.16 Å². The van der Waals surface area contributed by atoms with Crippen molar-refractivity contribution in [1.82, 2.24) is 25.1 Å². The molecular weight excluding hydrogens is 276 g/mol. The van der Waals surface area contributed by atoms with Gasteiger partial charge in [0.15, 0.2) is 0 Å². The highest BCUT2D eigenvalue weighted by Crippen LogP contribution is 2.16. The van der Waals surface area contributed by atoms with Gasteiger partial charge in [0, 0.05) is 19.6 Å². The second kappa shape index (κ2) is 8.21. The van der Waals surface area contributed by atoms with Crippen molar-refractivity contribution in [3.8, 4) is 0 Å². The second-order valence-electron chi connectivity index (χ2n) is 4.91. The lowest BCUT2D eigenvalue weighted by Gasteiger charge is -2.24. The molecule has 0 bridgehead atoms. The van der Waals surface area contributed by atoms with Gasteiger partial charge in [0.25, 0.3) is 0 Å². The van der Waals surface area contributed by atoms with Gasteiger partial charge in [0.05, 0.1) is 12.3 Å². The topological polar surface area (TPSA) is 89.9 Å². The third-order valence-corrected chi connectivity index (χ3v) is 4.32. The Morgan fingerprint density at radius 1 is 1.20 bits per heavy atom. The maximum Gasteiger partial charge on any atom is 0.233 e. The van der Waals surface area contributed by atoms with Gasteiger partial charge in [-0.15, -0.1) is 5.10 Å². The molecule has 8 heteroatoms. The second-order valence-corrected chi connectivity index (χ2v) is 5.85. The smallest absolute Gasteiger partial charge is 0.233 e. The van der Waals surface area contributed by atoms with Gasteiger partial charge in [-0.25, -0.2) is 4.68 Å². The van der Waals surface area contributed by atoms with Gasteiger partial charge in [-0.1, -0.05) is 31.0 Å². The maximum absolute atomic E-state index is 12.2. The molecule has 1 aromatic heterocycles. The Morgan fingerprint density at radius 3 is 2.60 bits per heavy atom. The van der Waals surface area contributed by atoms with Gasteiger partial charge >= 0.3 is 0 Å². The number of nitrogens with zero attached hydrogens (tertiary/aromatic N) is 5. The third-order valence-electron chi connectivity index (χ3n) is 3.37. The Hall–Kier alpha value is -1.15. The van der Waals surface area contributed by atoms with Crippen LogP contribution in [-0.4, -0.2) is 56.4 Å². The number of likely N-dealkylation sites (tertiary alicyclic amines) is 1. The molecule has 112 valence electrons. The van der Waals surface area contributed by atoms with Crippen LogP contribution in [0.3, 0.4) is 0 Å². The number of carbonyl (C=O) groups is 1. The number of thioether (sulfide) groups is 1. The number of amides is 1. The summed E-state index contributed by atoms with van der Waals surface area (Å²) < 4.78 is 1.64. The summed E-state index contributed by atoms with van der Waals surface area (Å²) in [4.78, 5) is 14.2. The van der Waals surface area contributed by atoms with Gasteiger partial charge in [0.2, 0.25) is 11.1 Å². The number of tetrazole rings is 1. The lowest BCUT2D eigenvalue weighted by molar-refractivity contribution is -0.128. The predicted octanol–water partition coefficient (Wildman–Crippen LogP) is 0.517. The van der Waals surface area contributed by atoms with E-state index >= 15 is 0 Å². The Labute approximate surface area is 123 Å². The Bertz CT molecular complexity index is 416. The van der Waals surface area contributed by atoms with Crippen LogP contribution in [0.2, 0.25) is 0 Å². The van der Waals surface area contributed by atoms with E-state index in [1.807, 2.05) is 4.90 Å². The molecule has 0 atom stereocenters. The average Bonchev–Trinajstić information content (AvgIpc) is 2.83. The fourth-order valence-electron chi connectivity index (χ4n) is 2.28. The minimum Gasteiger partial charge on any atom is -0.342 e. The van der Waals surface area contributed by atoms with Crippen molar-refractivity contribution in [1.29, 1.82) is 0 Å². The maximum atomic E-state index is 12.2. The van der Waals surface area contributed by atoms with Crippen molar-refractivity contribution < 1.29 is 4.79 Å². The molecule has 2 heterocycles. The summed E-state index contributed by atoms with van der Waals surface area (Å²) in [5, 5.41) is 12.1. The van der Waals surface area contributed by atoms with Crippen molar-refractivity contribution in [2.75, 3.05) is 25.4 Å². The van der Waals surface area contributed by atoms with Crippen LogP contribution < -0.4 is 5.73 Å². The highest BCUT2D eigenvalue weighted by molar-refractivity contribution is 7.99. The molecule has 2 rings (SSSR count). The monoisotopic (exact) mass is 298 g/mol. The van der Waals surface area contributed by atoms with Gasteiger partial charge in [-0.3, -0.25) is 4.79 Å². The largest absolute Gasteiger partial charge is 0.342 e. The van der Waals surface area contributed by atoms with E-state index in [0.29, 0.717) is 24.0 Å². The van der Waals surface area contributed by atoms with Gasteiger partial charge in [-0.05, 0) is 23.3 Å². The molecule has 1 saturated heterocycles. The highest BCUT2D eigenvalue weighted by Gasteiger charge is 2.16. The quantitative estimate of drug-likeness (QED) is 0.797. The number of aromatic nitrogens is 4. The van der Waals surface area contributed by atoms with Crippen LogP contribution >= 0.6 is 11.8 Å². The minimum absolute atomic E-state index is 0.180. The molecular formula is C12H22N6OS. The molecule has 1 aromatic rings. The Morgan fingerprint density at radius 2 is 1.90 bits per heavy atom. The van der Waals surface area contributed by atoms with Gasteiger partial charge in [-0.2, -0.15) is 0 Å². The number of rotatable bonds is 5. The van der Waals surface area contributed by atoms with E-state index in [1.165, 1.54) is 31.0 Å². The van der Waals surface area contributed by atoms with E-state index in [0.717, 1.165) is 25.9 Å². The van der Waals surface area contributed by atoms with Crippen LogP contribution in [0.4, 0.5) is 0 Å². The lowest BCUT2D eigenvalue weighted by Crippen LogP contribution is -2.35. The molecule has 1 aliphatic heterocycles. The van der Waals surface area contributed by atoms with E-state index in [1.54, 1.807) is 4.68 Å². The summed E-state index contributed by atoms with van der Waals surface area (Å²) in [5.41, 5.74) is 5.49. The third kappa shape index (κ3) is 4.45. The summed E-state index contributed by atoms with van der Waals surface area (Å²) in [7, 11) is 0. The first-order valence-corrected chi connectivity index (χ1v) is 8.16. The number of nitrogens with two attached hydrogens (primary N) is 1. The molecule has 20 heavy (non-hydrogen) atoms. The van der Waals surface area contributed by atoms with Gasteiger partial charge in [0.1, 0.15) is 0 Å². The Kier molecular flexibility index (Phi) is 6.25. The van der Waals surface area contributed by atoms with Crippen LogP contribution in [0.5, 0.6) is 0 Å². The molecule has 0 aliphatic carbocycles. The first-order valence-electron chi connectivity index (χ1n) is 7.18. The predicted molar refractivity (Wildman–Crippen MR) is 77.3 cm³/mol. The summed E-state index contributed by atoms with van der Waals surface area (Å²) in [6.45, 7) is 2.83. The molecule has 1 aliphatic rings. The van der Waals surface area contributed by atoms with E-state index in [2.05, 4.69) is 15.5 Å². The van der Waals surface area contributed by atoms with Crippen molar-refractivity contribution in [2.45, 2.75) is 43.8 Å². The number of carbonyl (C=O) groups excluding carboxylic acids is 1. The molecule has 7 nitrogen and oxygen atoms in total. The first-order chi connectivity index (χ1) is 9.81. The summed E-state index contributed by atoms with van der Waals surface area (Å²) in [5.74, 6) is 0.574. The zero-order valence-corrected chi connectivity index (χ0v) is 12.5.